The summed E-state index contributed by atoms with van der Waals surface area (Å²) in [6, 6.07) is 9.43. The second-order valence-corrected chi connectivity index (χ2v) is 10.1. The van der Waals surface area contributed by atoms with Gasteiger partial charge < -0.3 is 35.3 Å². The van der Waals surface area contributed by atoms with Crippen LogP contribution in [0.3, 0.4) is 0 Å². The van der Waals surface area contributed by atoms with Crippen molar-refractivity contribution < 1.29 is 14.3 Å². The number of likely N-dealkylation sites (N-methyl/N-ethyl adjacent to an activating group) is 1. The number of halogens is 1. The lowest BCUT2D eigenvalue weighted by molar-refractivity contribution is -0.126. The third-order valence-corrected chi connectivity index (χ3v) is 7.63. The number of nitrogen functional groups attached to an aromatic ring is 1. The van der Waals surface area contributed by atoms with E-state index >= 15 is 0 Å². The summed E-state index contributed by atoms with van der Waals surface area (Å²) in [5.41, 5.74) is 7.41. The van der Waals surface area contributed by atoms with Gasteiger partial charge in [-0.05, 0) is 56.8 Å². The number of benzene rings is 2. The van der Waals surface area contributed by atoms with E-state index in [0.29, 0.717) is 72.2 Å². The molecule has 39 heavy (non-hydrogen) atoms. The molecule has 1 aromatic heterocycles. The largest absolute Gasteiger partial charge is 0.462 e. The molecule has 0 radical (unpaired) electrons. The molecule has 3 N–H and O–H groups in total. The van der Waals surface area contributed by atoms with Gasteiger partial charge in [0.05, 0.1) is 10.6 Å². The average molecular weight is 550 g/mol. The molecule has 1 amide bonds. The molecule has 3 aromatic rings. The van der Waals surface area contributed by atoms with Crippen LogP contribution in [0.5, 0.6) is 17.5 Å². The number of nitrogens with zero attached hydrogens (tertiary/aromatic N) is 5. The number of rotatable bonds is 8. The summed E-state index contributed by atoms with van der Waals surface area (Å²) in [4.78, 5) is 27.9. The maximum absolute atomic E-state index is 12.1. The van der Waals surface area contributed by atoms with Crippen LogP contribution < -0.4 is 20.1 Å². The third kappa shape index (κ3) is 5.48. The van der Waals surface area contributed by atoms with Crippen molar-refractivity contribution in [3.05, 3.63) is 53.6 Å². The molecule has 2 aromatic carbocycles. The van der Waals surface area contributed by atoms with Crippen LogP contribution in [0.25, 0.3) is 10.9 Å². The Balaban J connectivity index is 1.54. The summed E-state index contributed by atoms with van der Waals surface area (Å²) in [7, 11) is 2.10. The number of nitrogens with two attached hydrogens (primary N) is 1. The highest BCUT2D eigenvalue weighted by molar-refractivity contribution is 6.32. The molecule has 2 saturated heterocycles. The Labute approximate surface area is 232 Å². The van der Waals surface area contributed by atoms with Crippen molar-refractivity contribution in [3.8, 4) is 17.5 Å². The molecule has 2 aliphatic rings. The summed E-state index contributed by atoms with van der Waals surface area (Å²) in [6.45, 7) is 7.42. The van der Waals surface area contributed by atoms with E-state index in [1.54, 1.807) is 23.1 Å². The Bertz CT molecular complexity index is 1410. The highest BCUT2D eigenvalue weighted by Gasteiger charge is 2.26. The zero-order valence-electron chi connectivity index (χ0n) is 21.9. The van der Waals surface area contributed by atoms with Crippen LogP contribution in [0.15, 0.2) is 43.0 Å². The number of hydrogen-bond donors (Lipinski definition) is 2. The predicted octanol–water partition coefficient (Wildman–Crippen LogP) is 3.96. The van der Waals surface area contributed by atoms with Crippen LogP contribution in [-0.4, -0.2) is 84.3 Å². The molecular weight excluding hydrogens is 518 g/mol. The maximum atomic E-state index is 12.1. The lowest BCUT2D eigenvalue weighted by Crippen LogP contribution is -2.48. The first kappa shape index (κ1) is 26.7. The van der Waals surface area contributed by atoms with Crippen molar-refractivity contribution in [3.63, 3.8) is 0 Å². The van der Waals surface area contributed by atoms with E-state index < -0.39 is 0 Å². The molecule has 0 bridgehead atoms. The van der Waals surface area contributed by atoms with E-state index in [9.17, 15) is 4.79 Å². The number of nitrogens with one attached hydrogen (secondary N) is 1. The summed E-state index contributed by atoms with van der Waals surface area (Å²) in [5, 5.41) is 8.94. The molecule has 0 spiro atoms. The van der Waals surface area contributed by atoms with Gasteiger partial charge in [0, 0.05) is 49.5 Å². The third-order valence-electron chi connectivity index (χ3n) is 7.33. The number of amides is 1. The minimum absolute atomic E-state index is 0.0800. The van der Waals surface area contributed by atoms with Gasteiger partial charge in [0.1, 0.15) is 17.9 Å². The number of para-hydroxylation sites is 1. The summed E-state index contributed by atoms with van der Waals surface area (Å²) >= 11 is 6.46. The van der Waals surface area contributed by atoms with E-state index in [0.717, 1.165) is 31.0 Å². The zero-order chi connectivity index (χ0) is 27.5. The number of aromatic nitrogens is 2. The molecule has 0 unspecified atom stereocenters. The minimum Gasteiger partial charge on any atom is -0.462 e. The fourth-order valence-electron chi connectivity index (χ4n) is 5.06. The van der Waals surface area contributed by atoms with Gasteiger partial charge in [-0.1, -0.05) is 24.2 Å². The monoisotopic (exact) mass is 549 g/mol. The first-order chi connectivity index (χ1) is 18.9. The van der Waals surface area contributed by atoms with E-state index in [4.69, 9.17) is 42.2 Å². The second-order valence-electron chi connectivity index (χ2n) is 9.71. The average Bonchev–Trinajstić information content (AvgIpc) is 3.37. The van der Waals surface area contributed by atoms with Crippen LogP contribution >= 0.6 is 11.6 Å². The molecule has 10 nitrogen and oxygen atoms in total. The highest BCUT2D eigenvalue weighted by atomic mass is 35.5. The molecular formula is C28H32ClN7O3. The summed E-state index contributed by atoms with van der Waals surface area (Å²) in [6.07, 6.45) is 4.66. The van der Waals surface area contributed by atoms with Crippen LogP contribution in [0.4, 0.5) is 11.5 Å². The Morgan fingerprint density at radius 1 is 1.21 bits per heavy atom. The molecule has 2 fully saturated rings. The number of likely N-dealkylation sites (tertiary alicyclic amines) is 1. The van der Waals surface area contributed by atoms with E-state index in [1.807, 2.05) is 12.1 Å². The van der Waals surface area contributed by atoms with Crippen LogP contribution in [0, 0.1) is 5.41 Å². The molecule has 204 valence electrons. The molecule has 1 atom stereocenters. The smallest absolute Gasteiger partial charge is 0.319 e. The lowest BCUT2D eigenvalue weighted by atomic mass is 10.1. The lowest BCUT2D eigenvalue weighted by Gasteiger charge is -2.35. The molecule has 11 heteroatoms. The van der Waals surface area contributed by atoms with Crippen molar-refractivity contribution in [2.75, 3.05) is 57.0 Å². The minimum atomic E-state index is -0.0800. The van der Waals surface area contributed by atoms with E-state index in [1.165, 1.54) is 6.08 Å². The van der Waals surface area contributed by atoms with Gasteiger partial charge in [-0.3, -0.25) is 4.79 Å². The first-order valence-electron chi connectivity index (χ1n) is 13.0. The summed E-state index contributed by atoms with van der Waals surface area (Å²) < 4.78 is 12.4. The van der Waals surface area contributed by atoms with Gasteiger partial charge in [0.25, 0.3) is 0 Å². The number of ether oxygens (including phenoxy) is 2. The summed E-state index contributed by atoms with van der Waals surface area (Å²) in [5.74, 6) is 1.35. The van der Waals surface area contributed by atoms with Gasteiger partial charge in [-0.2, -0.15) is 9.97 Å². The second kappa shape index (κ2) is 11.5. The van der Waals surface area contributed by atoms with Crippen molar-refractivity contribution in [1.29, 1.82) is 5.41 Å². The van der Waals surface area contributed by atoms with E-state index in [2.05, 4.69) is 23.4 Å². The van der Waals surface area contributed by atoms with Crippen molar-refractivity contribution in [2.24, 2.45) is 0 Å². The van der Waals surface area contributed by atoms with Gasteiger partial charge in [0.2, 0.25) is 5.91 Å². The van der Waals surface area contributed by atoms with Gasteiger partial charge in [-0.25, -0.2) is 0 Å². The standard InChI is InChI=1S/C28H32ClN7O3/c1-3-24(37)35-12-14-36(15-13-35)27-19-7-4-8-23(39-26-20(16-30)22(31)10-9-21(26)29)25(19)32-28(33-27)38-17-18-6-5-11-34(18)2/h3-4,7-10,16,18,30H,1,5-6,11-15,17,31H2,2H3/t18-/m0/s1. The van der Waals surface area contributed by atoms with Gasteiger partial charge >= 0.3 is 6.01 Å². The number of fused-ring (bicyclic) bond motifs is 1. The SMILES string of the molecule is C=CC(=O)N1CCN(c2nc(OC[C@@H]3CCCN3C)nc3c(Oc4c(Cl)ccc(N)c4C=N)cccc23)CC1. The Morgan fingerprint density at radius 3 is 2.69 bits per heavy atom. The highest BCUT2D eigenvalue weighted by Crippen LogP contribution is 2.39. The first-order valence-corrected chi connectivity index (χ1v) is 13.3. The normalized spacial score (nSPS) is 17.8. The number of carbonyl (C=O) groups excluding carboxylic acids is 1. The van der Waals surface area contributed by atoms with Gasteiger partial charge in [-0.15, -0.1) is 0 Å². The van der Waals surface area contributed by atoms with Crippen molar-refractivity contribution in [2.45, 2.75) is 18.9 Å². The fraction of sp³-hybridized carbons (Fsp3) is 0.357. The fourth-order valence-corrected chi connectivity index (χ4v) is 5.26. The predicted molar refractivity (Wildman–Crippen MR) is 153 cm³/mol. The molecule has 0 saturated carbocycles. The topological polar surface area (TPSA) is 121 Å². The number of carbonyl (C=O) groups is 1. The van der Waals surface area contributed by atoms with Crippen LogP contribution in [-0.2, 0) is 4.79 Å². The Kier molecular flexibility index (Phi) is 7.85. The zero-order valence-corrected chi connectivity index (χ0v) is 22.7. The number of piperazine rings is 1. The number of anilines is 2. The number of hydrogen-bond acceptors (Lipinski definition) is 9. The quantitative estimate of drug-likeness (QED) is 0.246. The maximum Gasteiger partial charge on any atom is 0.319 e. The van der Waals surface area contributed by atoms with E-state index in [-0.39, 0.29) is 17.7 Å². The molecule has 2 aliphatic heterocycles. The van der Waals surface area contributed by atoms with Gasteiger partial charge in [0.15, 0.2) is 11.5 Å². The molecule has 0 aliphatic carbocycles. The van der Waals surface area contributed by atoms with Crippen LogP contribution in [0.1, 0.15) is 18.4 Å². The Hall–Kier alpha value is -3.89. The van der Waals surface area contributed by atoms with Crippen LogP contribution in [0.2, 0.25) is 5.02 Å². The Morgan fingerprint density at radius 2 is 2.00 bits per heavy atom. The van der Waals surface area contributed by atoms with Crippen molar-refractivity contribution >= 4 is 46.1 Å². The van der Waals surface area contributed by atoms with Crippen molar-refractivity contribution in [1.82, 2.24) is 19.8 Å². The molecule has 3 heterocycles. The molecule has 5 rings (SSSR count).